The van der Waals surface area contributed by atoms with E-state index in [1.54, 1.807) is 0 Å². The second-order valence-electron chi connectivity index (χ2n) is 4.40. The number of carbonyl (C=O) groups excluding carboxylic acids is 2. The Labute approximate surface area is 124 Å². The Kier molecular flexibility index (Phi) is 6.33. The van der Waals surface area contributed by atoms with Gasteiger partial charge in [0, 0.05) is 18.4 Å². The number of hydrogen-bond acceptors (Lipinski definition) is 4. The summed E-state index contributed by atoms with van der Waals surface area (Å²) in [5.74, 6) is -3.08. The molecule has 0 radical (unpaired) electrons. The summed E-state index contributed by atoms with van der Waals surface area (Å²) in [5, 5.41) is 0. The first-order valence-electron chi connectivity index (χ1n) is 6.38. The zero-order valence-electron chi connectivity index (χ0n) is 11.7. The van der Waals surface area contributed by atoms with Crippen molar-refractivity contribution in [2.75, 3.05) is 7.11 Å². The Balaban J connectivity index is 2.56. The van der Waals surface area contributed by atoms with E-state index in [0.29, 0.717) is 18.9 Å². The Morgan fingerprint density at radius 2 is 1.77 bits per heavy atom. The molecular weight excluding hydrogens is 308 g/mol. The van der Waals surface area contributed by atoms with Gasteiger partial charge < -0.3 is 9.47 Å². The van der Waals surface area contributed by atoms with Gasteiger partial charge in [-0.15, -0.1) is 13.2 Å². The predicted octanol–water partition coefficient (Wildman–Crippen LogP) is 3.64. The number of benzene rings is 1. The van der Waals surface area contributed by atoms with Crippen LogP contribution in [0.1, 0.15) is 36.0 Å². The summed E-state index contributed by atoms with van der Waals surface area (Å²) in [6, 6.07) is 2.51. The molecule has 0 unspecified atom stereocenters. The minimum atomic E-state index is -5.00. The molecule has 0 aliphatic rings. The Bertz CT molecular complexity index is 540. The van der Waals surface area contributed by atoms with Crippen LogP contribution in [0.4, 0.5) is 17.6 Å². The maximum Gasteiger partial charge on any atom is 0.573 e. The molecule has 1 rings (SSSR count). The van der Waals surface area contributed by atoms with Gasteiger partial charge in [-0.2, -0.15) is 0 Å². The first-order chi connectivity index (χ1) is 10.2. The lowest BCUT2D eigenvalue weighted by molar-refractivity contribution is -0.275. The number of alkyl halides is 3. The van der Waals surface area contributed by atoms with E-state index in [-0.39, 0.29) is 18.4 Å². The van der Waals surface area contributed by atoms with Crippen LogP contribution in [0.2, 0.25) is 0 Å². The second kappa shape index (κ2) is 7.77. The molecule has 0 aliphatic heterocycles. The summed E-state index contributed by atoms with van der Waals surface area (Å²) < 4.78 is 57.3. The number of Topliss-reactive ketones (excluding diaryl/α,β-unsaturated/α-hetero) is 1. The molecule has 0 amide bonds. The van der Waals surface area contributed by atoms with E-state index in [4.69, 9.17) is 0 Å². The number of methoxy groups -OCH3 is 1. The van der Waals surface area contributed by atoms with E-state index >= 15 is 0 Å². The largest absolute Gasteiger partial charge is 0.573 e. The highest BCUT2D eigenvalue weighted by atomic mass is 19.4. The quantitative estimate of drug-likeness (QED) is 0.333. The molecule has 122 valence electrons. The van der Waals surface area contributed by atoms with E-state index in [1.807, 2.05) is 0 Å². The number of ketones is 1. The van der Waals surface area contributed by atoms with E-state index in [0.717, 1.165) is 12.1 Å². The normalized spacial score (nSPS) is 11.1. The van der Waals surface area contributed by atoms with Crippen molar-refractivity contribution in [2.45, 2.75) is 32.0 Å². The third kappa shape index (κ3) is 6.11. The Morgan fingerprint density at radius 3 is 2.32 bits per heavy atom. The van der Waals surface area contributed by atoms with Crippen molar-refractivity contribution in [3.63, 3.8) is 0 Å². The monoisotopic (exact) mass is 322 g/mol. The van der Waals surface area contributed by atoms with Crippen molar-refractivity contribution in [1.29, 1.82) is 0 Å². The van der Waals surface area contributed by atoms with Crippen LogP contribution < -0.4 is 4.74 Å². The fourth-order valence-electron chi connectivity index (χ4n) is 1.68. The van der Waals surface area contributed by atoms with Gasteiger partial charge in [-0.3, -0.25) is 9.59 Å². The third-order valence-corrected chi connectivity index (χ3v) is 2.74. The van der Waals surface area contributed by atoms with Crippen LogP contribution in [0, 0.1) is 5.82 Å². The van der Waals surface area contributed by atoms with Crippen molar-refractivity contribution in [1.82, 2.24) is 0 Å². The highest BCUT2D eigenvalue weighted by Crippen LogP contribution is 2.26. The molecule has 22 heavy (non-hydrogen) atoms. The number of hydrogen-bond donors (Lipinski definition) is 0. The summed E-state index contributed by atoms with van der Waals surface area (Å²) >= 11 is 0. The Morgan fingerprint density at radius 1 is 1.14 bits per heavy atom. The van der Waals surface area contributed by atoms with Crippen LogP contribution in [0.5, 0.6) is 5.75 Å². The van der Waals surface area contributed by atoms with E-state index < -0.39 is 29.7 Å². The minimum absolute atomic E-state index is 0.0508. The fraction of sp³-hybridized carbons (Fsp3) is 0.429. The van der Waals surface area contributed by atoms with Crippen LogP contribution in [0.3, 0.4) is 0 Å². The topological polar surface area (TPSA) is 52.6 Å². The highest BCUT2D eigenvalue weighted by molar-refractivity contribution is 5.96. The highest BCUT2D eigenvalue weighted by Gasteiger charge is 2.32. The first kappa shape index (κ1) is 17.9. The third-order valence-electron chi connectivity index (χ3n) is 2.74. The lowest BCUT2D eigenvalue weighted by atomic mass is 10.0. The Hall–Kier alpha value is -2.12. The lowest BCUT2D eigenvalue weighted by Gasteiger charge is -2.10. The summed E-state index contributed by atoms with van der Waals surface area (Å²) in [6.45, 7) is 0. The zero-order valence-corrected chi connectivity index (χ0v) is 11.7. The molecule has 0 heterocycles. The summed E-state index contributed by atoms with van der Waals surface area (Å²) in [6.07, 6.45) is -3.97. The van der Waals surface area contributed by atoms with Crippen molar-refractivity contribution < 1.29 is 36.6 Å². The molecule has 0 N–H and O–H groups in total. The standard InChI is InChI=1S/C14H14F4O4/c1-21-13(20)5-3-2-4-11(19)9-6-7-12(10(15)8-9)22-14(16,17)18/h6-8H,2-5H2,1H3. The van der Waals surface area contributed by atoms with Gasteiger partial charge in [0.15, 0.2) is 17.3 Å². The molecule has 1 aromatic rings. The summed E-state index contributed by atoms with van der Waals surface area (Å²) in [5.41, 5.74) is -0.0508. The number of rotatable bonds is 7. The van der Waals surface area contributed by atoms with Gasteiger partial charge in [0.25, 0.3) is 0 Å². The number of esters is 1. The van der Waals surface area contributed by atoms with Crippen molar-refractivity contribution in [2.24, 2.45) is 0 Å². The van der Waals surface area contributed by atoms with Crippen molar-refractivity contribution in [3.8, 4) is 5.75 Å². The fourth-order valence-corrected chi connectivity index (χ4v) is 1.68. The average Bonchev–Trinajstić information content (AvgIpc) is 2.43. The molecule has 0 bridgehead atoms. The second-order valence-corrected chi connectivity index (χ2v) is 4.40. The molecule has 4 nitrogen and oxygen atoms in total. The van der Waals surface area contributed by atoms with Crippen LogP contribution >= 0.6 is 0 Å². The zero-order chi connectivity index (χ0) is 16.8. The molecular formula is C14H14F4O4. The average molecular weight is 322 g/mol. The van der Waals surface area contributed by atoms with Crippen LogP contribution in [0.25, 0.3) is 0 Å². The molecule has 0 aromatic heterocycles. The van der Waals surface area contributed by atoms with Crippen molar-refractivity contribution in [3.05, 3.63) is 29.6 Å². The predicted molar refractivity (Wildman–Crippen MR) is 67.9 cm³/mol. The molecule has 0 fully saturated rings. The molecule has 0 saturated heterocycles. The number of halogens is 4. The maximum absolute atomic E-state index is 13.4. The van der Waals surface area contributed by atoms with Crippen molar-refractivity contribution >= 4 is 11.8 Å². The van der Waals surface area contributed by atoms with Gasteiger partial charge in [0.05, 0.1) is 7.11 Å². The summed E-state index contributed by atoms with van der Waals surface area (Å²) in [4.78, 5) is 22.6. The number of unbranched alkanes of at least 4 members (excludes halogenated alkanes) is 1. The van der Waals surface area contributed by atoms with Gasteiger partial charge >= 0.3 is 12.3 Å². The lowest BCUT2D eigenvalue weighted by Crippen LogP contribution is -2.18. The van der Waals surface area contributed by atoms with Gasteiger partial charge in [-0.1, -0.05) is 0 Å². The van der Waals surface area contributed by atoms with Gasteiger partial charge in [0.1, 0.15) is 0 Å². The molecule has 1 aromatic carbocycles. The first-order valence-corrected chi connectivity index (χ1v) is 6.38. The molecule has 0 saturated carbocycles. The maximum atomic E-state index is 13.4. The SMILES string of the molecule is COC(=O)CCCCC(=O)c1ccc(OC(F)(F)F)c(F)c1. The van der Waals surface area contributed by atoms with Crippen LogP contribution in [-0.2, 0) is 9.53 Å². The van der Waals surface area contributed by atoms with Crippen LogP contribution in [-0.4, -0.2) is 25.2 Å². The number of carbonyl (C=O) groups is 2. The number of ether oxygens (including phenoxy) is 2. The smallest absolute Gasteiger partial charge is 0.469 e. The molecule has 0 spiro atoms. The van der Waals surface area contributed by atoms with E-state index in [9.17, 15) is 27.2 Å². The molecule has 0 atom stereocenters. The molecule has 8 heteroatoms. The van der Waals surface area contributed by atoms with Crippen LogP contribution in [0.15, 0.2) is 18.2 Å². The minimum Gasteiger partial charge on any atom is -0.469 e. The summed E-state index contributed by atoms with van der Waals surface area (Å²) in [7, 11) is 1.25. The van der Waals surface area contributed by atoms with E-state index in [1.165, 1.54) is 7.11 Å². The van der Waals surface area contributed by atoms with Gasteiger partial charge in [-0.05, 0) is 31.0 Å². The molecule has 0 aliphatic carbocycles. The van der Waals surface area contributed by atoms with E-state index in [2.05, 4.69) is 9.47 Å². The van der Waals surface area contributed by atoms with Gasteiger partial charge in [0.2, 0.25) is 0 Å². The van der Waals surface area contributed by atoms with Gasteiger partial charge in [-0.25, -0.2) is 4.39 Å².